The molecule has 0 aliphatic carbocycles. The van der Waals surface area contributed by atoms with E-state index in [-0.39, 0.29) is 5.95 Å². The number of nitrogen functional groups attached to an aromatic ring is 1. The Morgan fingerprint density at radius 2 is 1.86 bits per heavy atom. The third kappa shape index (κ3) is 3.41. The highest BCUT2D eigenvalue weighted by Gasteiger charge is 2.10. The zero-order valence-electron chi connectivity index (χ0n) is 12.4. The van der Waals surface area contributed by atoms with Crippen molar-refractivity contribution in [1.82, 2.24) is 15.0 Å². The molecule has 0 saturated heterocycles. The smallest absolute Gasteiger partial charge is 0.233 e. The van der Waals surface area contributed by atoms with Crippen LogP contribution in [0.25, 0.3) is 0 Å². The highest BCUT2D eigenvalue weighted by Crippen LogP contribution is 2.30. The number of hydrogen-bond donors (Lipinski definition) is 2. The first-order chi connectivity index (χ1) is 10.0. The lowest BCUT2D eigenvalue weighted by atomic mass is 10.2. The van der Waals surface area contributed by atoms with Crippen LogP contribution in [0.5, 0.6) is 11.5 Å². The van der Waals surface area contributed by atoms with Gasteiger partial charge in [0.2, 0.25) is 17.8 Å². The maximum atomic E-state index is 5.69. The van der Waals surface area contributed by atoms with Crippen molar-refractivity contribution in [2.24, 2.45) is 0 Å². The van der Waals surface area contributed by atoms with E-state index in [1.807, 2.05) is 14.1 Å². The molecular weight excluding hydrogens is 272 g/mol. The van der Waals surface area contributed by atoms with Gasteiger partial charge in [-0.1, -0.05) is 0 Å². The third-order valence-electron chi connectivity index (χ3n) is 2.69. The molecule has 0 aliphatic rings. The molecule has 2 rings (SSSR count). The van der Waals surface area contributed by atoms with Crippen molar-refractivity contribution < 1.29 is 9.47 Å². The zero-order chi connectivity index (χ0) is 15.4. The van der Waals surface area contributed by atoms with Crippen LogP contribution in [-0.4, -0.2) is 43.3 Å². The quantitative estimate of drug-likeness (QED) is 0.849. The Morgan fingerprint density at radius 1 is 1.10 bits per heavy atom. The molecule has 8 nitrogen and oxygen atoms in total. The molecule has 0 fully saturated rings. The van der Waals surface area contributed by atoms with E-state index >= 15 is 0 Å². The number of methoxy groups -OCH3 is 2. The second-order valence-corrected chi connectivity index (χ2v) is 4.40. The van der Waals surface area contributed by atoms with Gasteiger partial charge >= 0.3 is 0 Å². The van der Waals surface area contributed by atoms with E-state index in [2.05, 4.69) is 20.3 Å². The van der Waals surface area contributed by atoms with Gasteiger partial charge in [0.15, 0.2) is 0 Å². The molecule has 0 saturated carbocycles. The van der Waals surface area contributed by atoms with E-state index in [1.54, 1.807) is 37.3 Å². The van der Waals surface area contributed by atoms with Gasteiger partial charge in [-0.2, -0.15) is 15.0 Å². The lowest BCUT2D eigenvalue weighted by molar-refractivity contribution is 0.405. The second kappa shape index (κ2) is 6.12. The molecular formula is C13H18N6O2. The third-order valence-corrected chi connectivity index (χ3v) is 2.69. The van der Waals surface area contributed by atoms with Gasteiger partial charge in [0, 0.05) is 20.2 Å². The van der Waals surface area contributed by atoms with Gasteiger partial charge in [0.05, 0.1) is 19.9 Å². The summed E-state index contributed by atoms with van der Waals surface area (Å²) in [6, 6.07) is 5.38. The minimum absolute atomic E-state index is 0.137. The summed E-state index contributed by atoms with van der Waals surface area (Å²) in [5.74, 6) is 2.26. The zero-order valence-corrected chi connectivity index (χ0v) is 12.4. The molecule has 0 spiro atoms. The molecule has 0 bridgehead atoms. The average Bonchev–Trinajstić information content (AvgIpc) is 2.46. The molecule has 1 aromatic heterocycles. The standard InChI is InChI=1S/C13H18N6O2/c1-19(2)13-17-11(14)16-12(18-13)15-9-7-8(20-3)5-6-10(9)21-4/h5-7H,1-4H3,(H3,14,15,16,17,18). The lowest BCUT2D eigenvalue weighted by Crippen LogP contribution is -2.15. The first-order valence-corrected chi connectivity index (χ1v) is 6.21. The van der Waals surface area contributed by atoms with E-state index in [4.69, 9.17) is 15.2 Å². The van der Waals surface area contributed by atoms with Gasteiger partial charge in [-0.25, -0.2) is 0 Å². The fourth-order valence-corrected chi connectivity index (χ4v) is 1.67. The molecule has 1 heterocycles. The highest BCUT2D eigenvalue weighted by atomic mass is 16.5. The average molecular weight is 290 g/mol. The maximum Gasteiger partial charge on any atom is 0.233 e. The summed E-state index contributed by atoms with van der Waals surface area (Å²) < 4.78 is 10.5. The fraction of sp³-hybridized carbons (Fsp3) is 0.308. The predicted octanol–water partition coefficient (Wildman–Crippen LogP) is 1.28. The van der Waals surface area contributed by atoms with Crippen molar-refractivity contribution in [3.63, 3.8) is 0 Å². The summed E-state index contributed by atoms with van der Waals surface area (Å²) >= 11 is 0. The summed E-state index contributed by atoms with van der Waals surface area (Å²) in [5, 5.41) is 3.06. The summed E-state index contributed by atoms with van der Waals surface area (Å²) in [6.45, 7) is 0. The predicted molar refractivity (Wildman–Crippen MR) is 81.4 cm³/mol. The molecule has 0 unspecified atom stereocenters. The molecule has 0 aliphatic heterocycles. The first-order valence-electron chi connectivity index (χ1n) is 6.21. The van der Waals surface area contributed by atoms with E-state index in [1.165, 1.54) is 0 Å². The molecule has 112 valence electrons. The van der Waals surface area contributed by atoms with Crippen LogP contribution in [0.4, 0.5) is 23.5 Å². The molecule has 3 N–H and O–H groups in total. The van der Waals surface area contributed by atoms with Gasteiger partial charge in [0.1, 0.15) is 11.5 Å². The Bertz CT molecular complexity index is 632. The number of benzene rings is 1. The maximum absolute atomic E-state index is 5.69. The highest BCUT2D eigenvalue weighted by molar-refractivity contribution is 5.65. The lowest BCUT2D eigenvalue weighted by Gasteiger charge is -2.14. The molecule has 0 amide bonds. The monoisotopic (exact) mass is 290 g/mol. The Balaban J connectivity index is 2.37. The largest absolute Gasteiger partial charge is 0.497 e. The van der Waals surface area contributed by atoms with Crippen molar-refractivity contribution in [1.29, 1.82) is 0 Å². The Morgan fingerprint density at radius 3 is 2.48 bits per heavy atom. The van der Waals surface area contributed by atoms with E-state index < -0.39 is 0 Å². The first kappa shape index (κ1) is 14.6. The number of rotatable bonds is 5. The van der Waals surface area contributed by atoms with Gasteiger partial charge in [-0.15, -0.1) is 0 Å². The van der Waals surface area contributed by atoms with Crippen LogP contribution >= 0.6 is 0 Å². The topological polar surface area (TPSA) is 98.4 Å². The molecule has 2 aromatic rings. The Labute approximate surface area is 122 Å². The number of nitrogens with zero attached hydrogens (tertiary/aromatic N) is 4. The van der Waals surface area contributed by atoms with Crippen LogP contribution in [0.2, 0.25) is 0 Å². The number of nitrogens with two attached hydrogens (primary N) is 1. The number of ether oxygens (including phenoxy) is 2. The van der Waals surface area contributed by atoms with Crippen LogP contribution < -0.4 is 25.4 Å². The van der Waals surface area contributed by atoms with Crippen LogP contribution in [-0.2, 0) is 0 Å². The van der Waals surface area contributed by atoms with E-state index in [9.17, 15) is 0 Å². The number of hydrogen-bond acceptors (Lipinski definition) is 8. The van der Waals surface area contributed by atoms with Crippen LogP contribution in [0.3, 0.4) is 0 Å². The molecule has 21 heavy (non-hydrogen) atoms. The number of aromatic nitrogens is 3. The minimum atomic E-state index is 0.137. The Kier molecular flexibility index (Phi) is 4.27. The summed E-state index contributed by atoms with van der Waals surface area (Å²) in [5.41, 5.74) is 6.37. The normalized spacial score (nSPS) is 10.1. The van der Waals surface area contributed by atoms with E-state index in [0.29, 0.717) is 29.1 Å². The number of nitrogens with one attached hydrogen (secondary N) is 1. The molecule has 8 heteroatoms. The second-order valence-electron chi connectivity index (χ2n) is 4.40. The summed E-state index contributed by atoms with van der Waals surface area (Å²) in [6.07, 6.45) is 0. The minimum Gasteiger partial charge on any atom is -0.497 e. The van der Waals surface area contributed by atoms with Crippen LogP contribution in [0.1, 0.15) is 0 Å². The van der Waals surface area contributed by atoms with Crippen molar-refractivity contribution in [2.75, 3.05) is 44.3 Å². The van der Waals surface area contributed by atoms with Crippen molar-refractivity contribution in [3.05, 3.63) is 18.2 Å². The van der Waals surface area contributed by atoms with Crippen LogP contribution in [0.15, 0.2) is 18.2 Å². The SMILES string of the molecule is COc1ccc(OC)c(Nc2nc(N)nc(N(C)C)n2)c1. The summed E-state index contributed by atoms with van der Waals surface area (Å²) in [4.78, 5) is 14.1. The molecule has 0 atom stereocenters. The van der Waals surface area contributed by atoms with Crippen molar-refractivity contribution in [2.45, 2.75) is 0 Å². The van der Waals surface area contributed by atoms with Crippen LogP contribution in [0, 0.1) is 0 Å². The van der Waals surface area contributed by atoms with E-state index in [0.717, 1.165) is 0 Å². The van der Waals surface area contributed by atoms with Gasteiger partial charge in [-0.05, 0) is 12.1 Å². The van der Waals surface area contributed by atoms with Gasteiger partial charge in [0.25, 0.3) is 0 Å². The fourth-order valence-electron chi connectivity index (χ4n) is 1.67. The van der Waals surface area contributed by atoms with Crippen molar-refractivity contribution >= 4 is 23.5 Å². The molecule has 0 radical (unpaired) electrons. The van der Waals surface area contributed by atoms with Gasteiger partial charge in [-0.3, -0.25) is 0 Å². The van der Waals surface area contributed by atoms with Crippen molar-refractivity contribution in [3.8, 4) is 11.5 Å². The molecule has 1 aromatic carbocycles. The van der Waals surface area contributed by atoms with Gasteiger partial charge < -0.3 is 25.4 Å². The Hall–Kier alpha value is -2.77. The summed E-state index contributed by atoms with van der Waals surface area (Å²) in [7, 11) is 6.83. The number of anilines is 4.